The maximum atomic E-state index is 10.3. The molecule has 0 saturated carbocycles. The van der Waals surface area contributed by atoms with Crippen molar-refractivity contribution in [1.29, 1.82) is 0 Å². The fraction of sp³-hybridized carbons (Fsp3) is 0.263. The molecule has 2 atom stereocenters. The van der Waals surface area contributed by atoms with Crippen LogP contribution in [-0.4, -0.2) is 18.2 Å². The van der Waals surface area contributed by atoms with Crippen LogP contribution in [0.5, 0.6) is 0 Å². The van der Waals surface area contributed by atoms with Gasteiger partial charge in [0.15, 0.2) is 0 Å². The van der Waals surface area contributed by atoms with Crippen LogP contribution in [-0.2, 0) is 0 Å². The van der Waals surface area contributed by atoms with Crippen molar-refractivity contribution in [2.75, 3.05) is 13.1 Å². The van der Waals surface area contributed by atoms with E-state index in [0.29, 0.717) is 0 Å². The van der Waals surface area contributed by atoms with E-state index in [-0.39, 0.29) is 5.92 Å². The summed E-state index contributed by atoms with van der Waals surface area (Å²) in [5.41, 5.74) is 2.18. The van der Waals surface area contributed by atoms with E-state index in [0.717, 1.165) is 18.7 Å². The van der Waals surface area contributed by atoms with Gasteiger partial charge in [0.1, 0.15) is 0 Å². The lowest BCUT2D eigenvalue weighted by Crippen LogP contribution is -2.25. The molecule has 21 heavy (non-hydrogen) atoms. The molecule has 0 aliphatic heterocycles. The Bertz CT molecular complexity index is 536. The molecule has 2 heteroatoms. The van der Waals surface area contributed by atoms with Gasteiger partial charge in [0.2, 0.25) is 0 Å². The van der Waals surface area contributed by atoms with Gasteiger partial charge >= 0.3 is 0 Å². The van der Waals surface area contributed by atoms with Crippen LogP contribution >= 0.6 is 0 Å². The normalized spacial score (nSPS) is 14.2. The lowest BCUT2D eigenvalue weighted by atomic mass is 9.97. The summed E-state index contributed by atoms with van der Waals surface area (Å²) in [5.74, 6) is 0.178. The molecular formula is C19H23NO. The number of hydrogen-bond donors (Lipinski definition) is 2. The lowest BCUT2D eigenvalue weighted by Gasteiger charge is -2.19. The van der Waals surface area contributed by atoms with Gasteiger partial charge in [-0.25, -0.2) is 0 Å². The van der Waals surface area contributed by atoms with Gasteiger partial charge in [0, 0.05) is 13.1 Å². The van der Waals surface area contributed by atoms with Crippen LogP contribution in [0.2, 0.25) is 0 Å². The zero-order chi connectivity index (χ0) is 14.9. The SMILES string of the molecule is C[C@H](CNCC=Cc1ccccc1)[C@H](O)c1ccccc1. The van der Waals surface area contributed by atoms with Crippen molar-refractivity contribution in [2.45, 2.75) is 13.0 Å². The third-order valence-corrected chi connectivity index (χ3v) is 3.52. The van der Waals surface area contributed by atoms with Crippen molar-refractivity contribution in [2.24, 2.45) is 5.92 Å². The number of aliphatic hydroxyl groups is 1. The van der Waals surface area contributed by atoms with Crippen molar-refractivity contribution < 1.29 is 5.11 Å². The minimum Gasteiger partial charge on any atom is -0.388 e. The maximum Gasteiger partial charge on any atom is 0.0827 e. The topological polar surface area (TPSA) is 32.3 Å². The van der Waals surface area contributed by atoms with Crippen LogP contribution in [0.25, 0.3) is 6.08 Å². The summed E-state index contributed by atoms with van der Waals surface area (Å²) in [7, 11) is 0. The zero-order valence-electron chi connectivity index (χ0n) is 12.4. The molecule has 2 nitrogen and oxygen atoms in total. The van der Waals surface area contributed by atoms with Crippen LogP contribution in [0.3, 0.4) is 0 Å². The fourth-order valence-electron chi connectivity index (χ4n) is 2.24. The van der Waals surface area contributed by atoms with E-state index in [2.05, 4.69) is 36.5 Å². The molecule has 0 bridgehead atoms. The largest absolute Gasteiger partial charge is 0.388 e. The van der Waals surface area contributed by atoms with Crippen LogP contribution in [0.1, 0.15) is 24.2 Å². The Kier molecular flexibility index (Phi) is 6.20. The van der Waals surface area contributed by atoms with Gasteiger partial charge in [0.25, 0.3) is 0 Å². The molecule has 0 saturated heterocycles. The summed E-state index contributed by atoms with van der Waals surface area (Å²) >= 11 is 0. The summed E-state index contributed by atoms with van der Waals surface area (Å²) in [5, 5.41) is 13.6. The molecule has 2 aromatic rings. The average molecular weight is 281 g/mol. The molecule has 0 amide bonds. The molecule has 110 valence electrons. The number of rotatable bonds is 7. The van der Waals surface area contributed by atoms with E-state index < -0.39 is 6.10 Å². The molecule has 2 rings (SSSR count). The quantitative estimate of drug-likeness (QED) is 0.759. The standard InChI is InChI=1S/C19H23NO/c1-16(19(21)18-12-6-3-7-13-18)15-20-14-8-11-17-9-4-2-5-10-17/h2-13,16,19-21H,14-15H2,1H3/t16-,19+/m1/s1. The zero-order valence-corrected chi connectivity index (χ0v) is 12.4. The second-order valence-electron chi connectivity index (χ2n) is 5.30. The number of benzene rings is 2. The number of nitrogens with one attached hydrogen (secondary N) is 1. The first-order chi connectivity index (χ1) is 10.3. The molecule has 0 unspecified atom stereocenters. The average Bonchev–Trinajstić information content (AvgIpc) is 2.55. The van der Waals surface area contributed by atoms with E-state index in [1.807, 2.05) is 48.5 Å². The van der Waals surface area contributed by atoms with Gasteiger partial charge < -0.3 is 10.4 Å². The molecule has 0 spiro atoms. The molecule has 0 heterocycles. The number of hydrogen-bond acceptors (Lipinski definition) is 2. The van der Waals surface area contributed by atoms with Crippen LogP contribution in [0.15, 0.2) is 66.7 Å². The lowest BCUT2D eigenvalue weighted by molar-refractivity contribution is 0.117. The molecule has 2 aromatic carbocycles. The Balaban J connectivity index is 1.72. The predicted octanol–water partition coefficient (Wildman–Crippen LogP) is 3.66. The van der Waals surface area contributed by atoms with Crippen molar-refractivity contribution in [3.8, 4) is 0 Å². The van der Waals surface area contributed by atoms with Gasteiger partial charge in [-0.1, -0.05) is 79.7 Å². The van der Waals surface area contributed by atoms with Crippen molar-refractivity contribution in [1.82, 2.24) is 5.32 Å². The smallest absolute Gasteiger partial charge is 0.0827 e. The van der Waals surface area contributed by atoms with Gasteiger partial charge in [-0.2, -0.15) is 0 Å². The molecule has 0 aliphatic carbocycles. The van der Waals surface area contributed by atoms with Gasteiger partial charge in [-0.05, 0) is 17.0 Å². The summed E-state index contributed by atoms with van der Waals surface area (Å²) in [6.07, 6.45) is 3.79. The van der Waals surface area contributed by atoms with Crippen molar-refractivity contribution in [3.05, 3.63) is 77.9 Å². The second-order valence-corrected chi connectivity index (χ2v) is 5.30. The summed E-state index contributed by atoms with van der Waals surface area (Å²) < 4.78 is 0. The van der Waals surface area contributed by atoms with Crippen molar-refractivity contribution in [3.63, 3.8) is 0 Å². The van der Waals surface area contributed by atoms with E-state index in [1.165, 1.54) is 5.56 Å². The molecular weight excluding hydrogens is 258 g/mol. The van der Waals surface area contributed by atoms with Gasteiger partial charge in [-0.15, -0.1) is 0 Å². The maximum absolute atomic E-state index is 10.3. The van der Waals surface area contributed by atoms with E-state index in [9.17, 15) is 5.11 Å². The Morgan fingerprint density at radius 1 is 1.00 bits per heavy atom. The summed E-state index contributed by atoms with van der Waals surface area (Å²) in [6, 6.07) is 20.1. The molecule has 0 fully saturated rings. The first-order valence-electron chi connectivity index (χ1n) is 7.42. The van der Waals surface area contributed by atoms with Crippen molar-refractivity contribution >= 4 is 6.08 Å². The third kappa shape index (κ3) is 5.18. The first-order valence-corrected chi connectivity index (χ1v) is 7.42. The highest BCUT2D eigenvalue weighted by atomic mass is 16.3. The predicted molar refractivity (Wildman–Crippen MR) is 88.9 cm³/mol. The number of aliphatic hydroxyl groups excluding tert-OH is 1. The first kappa shape index (κ1) is 15.5. The minimum absolute atomic E-state index is 0.178. The molecule has 0 radical (unpaired) electrons. The highest BCUT2D eigenvalue weighted by Gasteiger charge is 2.15. The highest BCUT2D eigenvalue weighted by Crippen LogP contribution is 2.20. The highest BCUT2D eigenvalue weighted by molar-refractivity contribution is 5.48. The Morgan fingerprint density at radius 3 is 2.29 bits per heavy atom. The summed E-state index contributed by atoms with van der Waals surface area (Å²) in [6.45, 7) is 3.65. The Morgan fingerprint density at radius 2 is 1.62 bits per heavy atom. The molecule has 0 aromatic heterocycles. The van der Waals surface area contributed by atoms with Crippen LogP contribution in [0.4, 0.5) is 0 Å². The third-order valence-electron chi connectivity index (χ3n) is 3.52. The molecule has 0 aliphatic rings. The minimum atomic E-state index is -0.420. The van der Waals surface area contributed by atoms with E-state index in [1.54, 1.807) is 0 Å². The van der Waals surface area contributed by atoms with E-state index in [4.69, 9.17) is 0 Å². The Labute approximate surface area is 127 Å². The van der Waals surface area contributed by atoms with Crippen LogP contribution < -0.4 is 5.32 Å². The Hall–Kier alpha value is -1.90. The summed E-state index contributed by atoms with van der Waals surface area (Å²) in [4.78, 5) is 0. The molecule has 2 N–H and O–H groups in total. The van der Waals surface area contributed by atoms with E-state index >= 15 is 0 Å². The van der Waals surface area contributed by atoms with Gasteiger partial charge in [0.05, 0.1) is 6.10 Å². The van der Waals surface area contributed by atoms with Gasteiger partial charge in [-0.3, -0.25) is 0 Å². The fourth-order valence-corrected chi connectivity index (χ4v) is 2.24. The second kappa shape index (κ2) is 8.40. The monoisotopic (exact) mass is 281 g/mol. The van der Waals surface area contributed by atoms with Crippen LogP contribution in [0, 0.1) is 5.92 Å².